The van der Waals surface area contributed by atoms with E-state index in [-0.39, 0.29) is 12.2 Å². The number of fused-ring (bicyclic) bond motifs is 1. The van der Waals surface area contributed by atoms with Gasteiger partial charge >= 0.3 is 5.97 Å². The monoisotopic (exact) mass is 581 g/mol. The van der Waals surface area contributed by atoms with Crippen LogP contribution in [0.15, 0.2) is 80.1 Å². The van der Waals surface area contributed by atoms with Gasteiger partial charge in [-0.3, -0.25) is 9.36 Å². The van der Waals surface area contributed by atoms with Crippen LogP contribution in [0.25, 0.3) is 17.4 Å². The highest BCUT2D eigenvalue weighted by Crippen LogP contribution is 2.33. The van der Waals surface area contributed by atoms with Crippen LogP contribution in [0.2, 0.25) is 10.0 Å². The van der Waals surface area contributed by atoms with Gasteiger partial charge in [0.15, 0.2) is 4.80 Å². The van der Waals surface area contributed by atoms with Crippen LogP contribution in [0.4, 0.5) is 5.69 Å². The lowest BCUT2D eigenvalue weighted by atomic mass is 9.95. The molecule has 2 aromatic heterocycles. The standard InChI is InChI=1S/C29H25Cl2N3O4S/c1-5-37-28(36)25-16(2)32-29-34(26(25)17-6-9-19(10-7-17)33(3)4)27(35)24(39-29)15-20-11-13-23(38-20)21-14-18(30)8-12-22(21)31/h6-15,26H,5H2,1-4H3/b24-15-. The maximum absolute atomic E-state index is 13.8. The summed E-state index contributed by atoms with van der Waals surface area (Å²) in [6, 6.07) is 15.7. The third-order valence-electron chi connectivity index (χ3n) is 6.34. The molecular weight excluding hydrogens is 557 g/mol. The number of furan rings is 1. The minimum absolute atomic E-state index is 0.212. The molecule has 0 saturated heterocycles. The first-order chi connectivity index (χ1) is 18.7. The molecule has 1 aliphatic rings. The Kier molecular flexibility index (Phi) is 7.53. The van der Waals surface area contributed by atoms with E-state index >= 15 is 0 Å². The van der Waals surface area contributed by atoms with Crippen molar-refractivity contribution in [3.8, 4) is 11.3 Å². The highest BCUT2D eigenvalue weighted by atomic mass is 35.5. The number of ether oxygens (including phenoxy) is 1. The molecule has 0 amide bonds. The van der Waals surface area contributed by atoms with Gasteiger partial charge in [-0.2, -0.15) is 0 Å². The van der Waals surface area contributed by atoms with Crippen molar-refractivity contribution < 1.29 is 13.9 Å². The van der Waals surface area contributed by atoms with E-state index in [1.54, 1.807) is 54.8 Å². The zero-order valence-corrected chi connectivity index (χ0v) is 24.0. The molecular formula is C29H25Cl2N3O4S. The topological polar surface area (TPSA) is 77.0 Å². The van der Waals surface area contributed by atoms with E-state index in [0.29, 0.717) is 47.7 Å². The summed E-state index contributed by atoms with van der Waals surface area (Å²) in [7, 11) is 3.90. The van der Waals surface area contributed by atoms with Crippen molar-refractivity contribution in [1.82, 2.24) is 4.57 Å². The Hall–Kier alpha value is -3.59. The van der Waals surface area contributed by atoms with Gasteiger partial charge < -0.3 is 14.1 Å². The number of anilines is 1. The Balaban J connectivity index is 1.63. The summed E-state index contributed by atoms with van der Waals surface area (Å²) < 4.78 is 13.3. The van der Waals surface area contributed by atoms with Gasteiger partial charge in [0, 0.05) is 36.4 Å². The molecule has 3 heterocycles. The molecule has 1 unspecified atom stereocenters. The van der Waals surface area contributed by atoms with Crippen molar-refractivity contribution in [3.05, 3.63) is 107 Å². The summed E-state index contributed by atoms with van der Waals surface area (Å²) in [5.74, 6) is 0.504. The van der Waals surface area contributed by atoms with Crippen LogP contribution in [0.5, 0.6) is 0 Å². The molecule has 0 aliphatic carbocycles. The van der Waals surface area contributed by atoms with Crippen molar-refractivity contribution in [3.63, 3.8) is 0 Å². The molecule has 4 aromatic rings. The number of hydrogen-bond donors (Lipinski definition) is 0. The summed E-state index contributed by atoms with van der Waals surface area (Å²) >= 11 is 13.7. The molecule has 10 heteroatoms. The average Bonchev–Trinajstić information content (AvgIpc) is 3.49. The molecule has 0 N–H and O–H groups in total. The van der Waals surface area contributed by atoms with E-state index in [1.807, 2.05) is 43.3 Å². The Bertz CT molecular complexity index is 1780. The Morgan fingerprint density at radius 2 is 1.90 bits per heavy atom. The molecule has 0 fully saturated rings. The lowest BCUT2D eigenvalue weighted by molar-refractivity contribution is -0.139. The molecule has 200 valence electrons. The highest BCUT2D eigenvalue weighted by Gasteiger charge is 2.33. The quantitative estimate of drug-likeness (QED) is 0.284. The van der Waals surface area contributed by atoms with E-state index in [0.717, 1.165) is 11.3 Å². The summed E-state index contributed by atoms with van der Waals surface area (Å²) in [5, 5.41) is 1.04. The Morgan fingerprint density at radius 3 is 2.59 bits per heavy atom. The molecule has 0 spiro atoms. The molecule has 5 rings (SSSR count). The highest BCUT2D eigenvalue weighted by molar-refractivity contribution is 7.07. The van der Waals surface area contributed by atoms with Gasteiger partial charge in [0.1, 0.15) is 11.5 Å². The van der Waals surface area contributed by atoms with Gasteiger partial charge in [-0.15, -0.1) is 0 Å². The Morgan fingerprint density at radius 1 is 1.15 bits per heavy atom. The lowest BCUT2D eigenvalue weighted by Gasteiger charge is -2.25. The SMILES string of the molecule is CCOC(=O)C1=C(C)N=c2s/c(=C\c3ccc(-c4cc(Cl)ccc4Cl)o3)c(=O)n2C1c1ccc(N(C)C)cc1. The van der Waals surface area contributed by atoms with Crippen LogP contribution < -0.4 is 19.8 Å². The number of carbonyl (C=O) groups excluding carboxylic acids is 1. The fraction of sp³-hybridized carbons (Fsp3) is 0.207. The van der Waals surface area contributed by atoms with Gasteiger partial charge in [-0.1, -0.05) is 46.7 Å². The third-order valence-corrected chi connectivity index (χ3v) is 7.88. The van der Waals surface area contributed by atoms with Crippen LogP contribution in [0, 0.1) is 0 Å². The van der Waals surface area contributed by atoms with Crippen LogP contribution in [0.1, 0.15) is 31.2 Å². The second kappa shape index (κ2) is 10.9. The third kappa shape index (κ3) is 5.20. The number of nitrogens with zero attached hydrogens (tertiary/aromatic N) is 3. The van der Waals surface area contributed by atoms with Crippen LogP contribution in [-0.4, -0.2) is 31.2 Å². The number of rotatable bonds is 6. The molecule has 1 aliphatic heterocycles. The number of halogens is 2. The second-order valence-corrected chi connectivity index (χ2v) is 11.0. The fourth-order valence-corrected chi connectivity index (χ4v) is 5.86. The van der Waals surface area contributed by atoms with E-state index in [9.17, 15) is 9.59 Å². The smallest absolute Gasteiger partial charge is 0.338 e. The maximum Gasteiger partial charge on any atom is 0.338 e. The molecule has 0 radical (unpaired) electrons. The first-order valence-corrected chi connectivity index (χ1v) is 13.8. The first-order valence-electron chi connectivity index (χ1n) is 12.2. The molecule has 0 saturated carbocycles. The molecule has 7 nitrogen and oxygen atoms in total. The summed E-state index contributed by atoms with van der Waals surface area (Å²) in [4.78, 5) is 34.0. The number of hydrogen-bond acceptors (Lipinski definition) is 7. The number of carbonyl (C=O) groups is 1. The van der Waals surface area contributed by atoms with Crippen molar-refractivity contribution >= 4 is 52.3 Å². The van der Waals surface area contributed by atoms with Gasteiger partial charge in [-0.25, -0.2) is 9.79 Å². The Labute approximate surface area is 238 Å². The minimum Gasteiger partial charge on any atom is -0.463 e. The lowest BCUT2D eigenvalue weighted by Crippen LogP contribution is -2.39. The van der Waals surface area contributed by atoms with Gasteiger partial charge in [0.25, 0.3) is 5.56 Å². The molecule has 2 aromatic carbocycles. The van der Waals surface area contributed by atoms with Crippen molar-refractivity contribution in [2.45, 2.75) is 19.9 Å². The van der Waals surface area contributed by atoms with Gasteiger partial charge in [-0.05, 0) is 61.9 Å². The number of thiazole rings is 1. The molecule has 1 atom stereocenters. The number of benzene rings is 2. The summed E-state index contributed by atoms with van der Waals surface area (Å²) in [5.41, 5.74) is 3.00. The zero-order valence-electron chi connectivity index (χ0n) is 21.7. The van der Waals surface area contributed by atoms with E-state index < -0.39 is 12.0 Å². The number of esters is 1. The largest absolute Gasteiger partial charge is 0.463 e. The molecule has 0 bridgehead atoms. The average molecular weight is 583 g/mol. The van der Waals surface area contributed by atoms with Crippen molar-refractivity contribution in [1.29, 1.82) is 0 Å². The number of aromatic nitrogens is 1. The van der Waals surface area contributed by atoms with Crippen LogP contribution in [0.3, 0.4) is 0 Å². The van der Waals surface area contributed by atoms with Gasteiger partial charge in [0.05, 0.1) is 33.5 Å². The van der Waals surface area contributed by atoms with E-state index in [1.165, 1.54) is 11.3 Å². The number of allylic oxidation sites excluding steroid dienone is 1. The van der Waals surface area contributed by atoms with E-state index in [4.69, 9.17) is 32.4 Å². The minimum atomic E-state index is -0.684. The predicted molar refractivity (Wildman–Crippen MR) is 155 cm³/mol. The fourth-order valence-electron chi connectivity index (χ4n) is 4.45. The zero-order chi connectivity index (χ0) is 27.8. The van der Waals surface area contributed by atoms with Crippen molar-refractivity contribution in [2.24, 2.45) is 4.99 Å². The van der Waals surface area contributed by atoms with Crippen LogP contribution >= 0.6 is 34.5 Å². The predicted octanol–water partition coefficient (Wildman–Crippen LogP) is 5.43. The first kappa shape index (κ1) is 27.0. The van der Waals surface area contributed by atoms with Crippen LogP contribution in [-0.2, 0) is 9.53 Å². The van der Waals surface area contributed by atoms with Crippen molar-refractivity contribution in [2.75, 3.05) is 25.6 Å². The second-order valence-electron chi connectivity index (χ2n) is 9.11. The van der Waals surface area contributed by atoms with Gasteiger partial charge in [0.2, 0.25) is 0 Å². The molecule has 39 heavy (non-hydrogen) atoms. The maximum atomic E-state index is 13.8. The van der Waals surface area contributed by atoms with E-state index in [2.05, 4.69) is 4.99 Å². The normalized spacial score (nSPS) is 15.2. The summed E-state index contributed by atoms with van der Waals surface area (Å²) in [6.07, 6.45) is 1.67. The summed E-state index contributed by atoms with van der Waals surface area (Å²) in [6.45, 7) is 3.72.